The molecule has 2 aliphatic heterocycles. The smallest absolute Gasteiger partial charge is 0.410 e. The quantitative estimate of drug-likeness (QED) is 0.236. The number of likely N-dealkylation sites (tertiary alicyclic amines) is 1. The first-order chi connectivity index (χ1) is 21.5. The van der Waals surface area contributed by atoms with Gasteiger partial charge in [-0.1, -0.05) is 0 Å². The molecule has 7 rings (SSSR count). The predicted octanol–water partition coefficient (Wildman–Crippen LogP) is 6.94. The summed E-state index contributed by atoms with van der Waals surface area (Å²) in [6.45, 7) is 13.5. The maximum Gasteiger partial charge on any atom is 0.410 e. The van der Waals surface area contributed by atoms with E-state index in [1.54, 1.807) is 23.8 Å². The molecule has 4 aromatic rings. The third-order valence-electron chi connectivity index (χ3n) is 9.32. The van der Waals surface area contributed by atoms with Gasteiger partial charge in [-0.05, 0) is 102 Å². The van der Waals surface area contributed by atoms with Crippen LogP contribution < -0.4 is 4.74 Å². The van der Waals surface area contributed by atoms with Crippen LogP contribution in [-0.4, -0.2) is 61.2 Å². The van der Waals surface area contributed by atoms with Crippen LogP contribution in [0.3, 0.4) is 0 Å². The number of carbonyl (C=O) groups is 1. The van der Waals surface area contributed by atoms with E-state index < -0.39 is 5.60 Å². The van der Waals surface area contributed by atoms with Crippen molar-refractivity contribution in [3.8, 4) is 10.8 Å². The van der Waals surface area contributed by atoms with Gasteiger partial charge in [0.05, 0.1) is 24.4 Å². The van der Waals surface area contributed by atoms with Gasteiger partial charge in [-0.3, -0.25) is 9.56 Å². The third kappa shape index (κ3) is 5.67. The number of carbonyl (C=O) groups excluding carboxylic acids is 1. The molecule has 3 aliphatic rings. The van der Waals surface area contributed by atoms with Gasteiger partial charge in [-0.15, -0.1) is 21.5 Å². The summed E-state index contributed by atoms with van der Waals surface area (Å²) in [5.41, 5.74) is 4.07. The van der Waals surface area contributed by atoms with E-state index in [9.17, 15) is 4.79 Å². The molecule has 2 fully saturated rings. The Morgan fingerprint density at radius 3 is 2.49 bits per heavy atom. The van der Waals surface area contributed by atoms with Gasteiger partial charge in [-0.25, -0.2) is 9.78 Å². The van der Waals surface area contributed by atoms with Crippen molar-refractivity contribution in [2.75, 3.05) is 13.1 Å². The second kappa shape index (κ2) is 11.1. The van der Waals surface area contributed by atoms with E-state index >= 15 is 0 Å². The molecule has 1 saturated heterocycles. The molecule has 11 heteroatoms. The number of aromatic nitrogens is 4. The van der Waals surface area contributed by atoms with Gasteiger partial charge in [0.25, 0.3) is 0 Å². The van der Waals surface area contributed by atoms with Crippen LogP contribution >= 0.6 is 11.3 Å². The Morgan fingerprint density at radius 2 is 1.82 bits per heavy atom. The summed E-state index contributed by atoms with van der Waals surface area (Å²) in [7, 11) is 0. The zero-order valence-electron chi connectivity index (χ0n) is 26.8. The average molecular weight is 629 g/mol. The van der Waals surface area contributed by atoms with Crippen LogP contribution in [0, 0.1) is 26.2 Å². The van der Waals surface area contributed by atoms with Crippen LogP contribution in [0.25, 0.3) is 5.00 Å². The summed E-state index contributed by atoms with van der Waals surface area (Å²) in [5.74, 6) is 3.10. The van der Waals surface area contributed by atoms with Crippen molar-refractivity contribution in [2.45, 2.75) is 91.4 Å². The standard InChI is InChI=1S/C34H40N6O4S/c1-20-21(2)45-31-28(20)29(36-26(17-27-35-13-16-42-27)30-38-37-22(3)40(30)31)23-7-9-24(10-8-23)43-25-18-34(19-25)11-14-39(15-12-34)32(41)44-33(4,5)6/h7-10,13,16,25-26H,11-12,14-15,17-19H2,1-6H3. The summed E-state index contributed by atoms with van der Waals surface area (Å²) in [4.78, 5) is 25.3. The number of fused-ring (bicyclic) bond motifs is 3. The molecule has 1 atom stereocenters. The molecule has 5 heterocycles. The van der Waals surface area contributed by atoms with Gasteiger partial charge >= 0.3 is 6.09 Å². The first-order valence-electron chi connectivity index (χ1n) is 15.7. The Labute approximate surface area is 267 Å². The summed E-state index contributed by atoms with van der Waals surface area (Å²) >= 11 is 1.75. The summed E-state index contributed by atoms with van der Waals surface area (Å²) in [6, 6.07) is 8.03. The lowest BCUT2D eigenvalue weighted by Crippen LogP contribution is -2.52. The molecule has 0 bridgehead atoms. The van der Waals surface area contributed by atoms with Gasteiger partial charge in [0.1, 0.15) is 34.5 Å². The summed E-state index contributed by atoms with van der Waals surface area (Å²) in [5, 5.41) is 10.1. The van der Waals surface area contributed by atoms with Gasteiger partial charge in [-0.2, -0.15) is 0 Å². The first-order valence-corrected chi connectivity index (χ1v) is 16.5. The largest absolute Gasteiger partial charge is 0.490 e. The van der Waals surface area contributed by atoms with Gasteiger partial charge in [0.2, 0.25) is 0 Å². The van der Waals surface area contributed by atoms with E-state index in [0.717, 1.165) is 78.0 Å². The minimum Gasteiger partial charge on any atom is -0.490 e. The summed E-state index contributed by atoms with van der Waals surface area (Å²) < 4.78 is 19.8. The van der Waals surface area contributed by atoms with Crippen LogP contribution in [0.15, 0.2) is 46.1 Å². The van der Waals surface area contributed by atoms with E-state index in [1.807, 2.05) is 32.6 Å². The highest BCUT2D eigenvalue weighted by Crippen LogP contribution is 2.50. The number of piperidine rings is 1. The van der Waals surface area contributed by atoms with Crippen LogP contribution in [0.2, 0.25) is 0 Å². The lowest BCUT2D eigenvalue weighted by atomic mass is 9.61. The number of ether oxygens (including phenoxy) is 2. The highest BCUT2D eigenvalue weighted by molar-refractivity contribution is 7.15. The van der Waals surface area contributed by atoms with E-state index in [1.165, 1.54) is 10.4 Å². The molecule has 1 saturated carbocycles. The average Bonchev–Trinajstić information content (AvgIpc) is 3.68. The molecule has 0 radical (unpaired) electrons. The lowest BCUT2D eigenvalue weighted by Gasteiger charge is -2.51. The van der Waals surface area contributed by atoms with Gasteiger partial charge < -0.3 is 18.8 Å². The second-order valence-electron chi connectivity index (χ2n) is 13.7. The van der Waals surface area contributed by atoms with Crippen LogP contribution in [0.5, 0.6) is 5.75 Å². The maximum absolute atomic E-state index is 12.5. The van der Waals surface area contributed by atoms with Crippen molar-refractivity contribution in [1.29, 1.82) is 0 Å². The van der Waals surface area contributed by atoms with Crippen molar-refractivity contribution < 1.29 is 18.7 Å². The van der Waals surface area contributed by atoms with E-state index in [-0.39, 0.29) is 23.7 Å². The number of nitrogens with zero attached hydrogens (tertiary/aromatic N) is 6. The van der Waals surface area contributed by atoms with Gasteiger partial charge in [0.15, 0.2) is 11.7 Å². The minimum absolute atomic E-state index is 0.185. The molecule has 3 aromatic heterocycles. The number of aryl methyl sites for hydroxylation is 2. The number of oxazole rings is 1. The molecule has 1 unspecified atom stereocenters. The molecule has 1 amide bonds. The number of hydrogen-bond donors (Lipinski definition) is 0. The summed E-state index contributed by atoms with van der Waals surface area (Å²) in [6.07, 6.45) is 7.74. The maximum atomic E-state index is 12.5. The third-order valence-corrected chi connectivity index (χ3v) is 10.5. The number of amides is 1. The number of thiophene rings is 1. The Hall–Kier alpha value is -3.99. The molecular formula is C34H40N6O4S. The Balaban J connectivity index is 1.07. The number of hydrogen-bond acceptors (Lipinski definition) is 9. The van der Waals surface area contributed by atoms with Crippen LogP contribution in [-0.2, 0) is 11.2 Å². The zero-order chi connectivity index (χ0) is 31.5. The Morgan fingerprint density at radius 1 is 1.09 bits per heavy atom. The van der Waals surface area contributed by atoms with Crippen molar-refractivity contribution in [1.82, 2.24) is 24.6 Å². The number of rotatable bonds is 5. The van der Waals surface area contributed by atoms with E-state index in [4.69, 9.17) is 18.9 Å². The lowest BCUT2D eigenvalue weighted by molar-refractivity contribution is -0.0583. The van der Waals surface area contributed by atoms with Crippen LogP contribution in [0.1, 0.15) is 91.6 Å². The molecule has 10 nitrogen and oxygen atoms in total. The van der Waals surface area contributed by atoms with Crippen molar-refractivity contribution in [3.63, 3.8) is 0 Å². The van der Waals surface area contributed by atoms with Crippen LogP contribution in [0.4, 0.5) is 4.79 Å². The fraction of sp³-hybridized carbons (Fsp3) is 0.500. The highest BCUT2D eigenvalue weighted by atomic mass is 32.1. The molecular weight excluding hydrogens is 588 g/mol. The first kappa shape index (κ1) is 29.7. The van der Waals surface area contributed by atoms with Gasteiger partial charge in [0, 0.05) is 29.1 Å². The molecule has 236 valence electrons. The van der Waals surface area contributed by atoms with E-state index in [2.05, 4.69) is 57.9 Å². The topological polar surface area (TPSA) is 108 Å². The Bertz CT molecular complexity index is 1730. The minimum atomic E-state index is -0.470. The van der Waals surface area contributed by atoms with Crippen molar-refractivity contribution in [3.05, 3.63) is 75.8 Å². The molecule has 1 aliphatic carbocycles. The molecule has 45 heavy (non-hydrogen) atoms. The molecule has 1 aromatic carbocycles. The van der Waals surface area contributed by atoms with Crippen molar-refractivity contribution in [2.24, 2.45) is 10.4 Å². The highest BCUT2D eigenvalue weighted by Gasteiger charge is 2.48. The zero-order valence-corrected chi connectivity index (χ0v) is 27.6. The normalized spacial score (nSPS) is 19.4. The monoisotopic (exact) mass is 628 g/mol. The Kier molecular flexibility index (Phi) is 7.34. The number of aliphatic imine (C=N–C) groups is 1. The number of benzene rings is 1. The second-order valence-corrected chi connectivity index (χ2v) is 14.9. The SMILES string of the molecule is Cc1sc2c(c1C)C(c1ccc(OC3CC4(CCN(C(=O)OC(C)(C)C)CC4)C3)cc1)=NC(Cc1ncco1)c1nnc(C)n1-2. The fourth-order valence-electron chi connectivity index (χ4n) is 6.82. The van der Waals surface area contributed by atoms with E-state index in [0.29, 0.717) is 12.3 Å². The van der Waals surface area contributed by atoms with Crippen molar-refractivity contribution >= 4 is 23.1 Å². The molecule has 0 N–H and O–H groups in total. The predicted molar refractivity (Wildman–Crippen MR) is 172 cm³/mol. The fourth-order valence-corrected chi connectivity index (χ4v) is 8.03. The molecule has 1 spiro atoms.